The monoisotopic (exact) mass is 1110 g/mol. The Kier molecular flexibility index (Phi) is 62.5. The van der Waals surface area contributed by atoms with Gasteiger partial charge in [-0.25, -0.2) is 0 Å². The van der Waals surface area contributed by atoms with Crippen molar-refractivity contribution in [1.82, 2.24) is 0 Å². The lowest BCUT2D eigenvalue weighted by molar-refractivity contribution is -0.167. The molecule has 452 valence electrons. The second-order valence-corrected chi connectivity index (χ2v) is 20.5. The molecule has 0 radical (unpaired) electrons. The van der Waals surface area contributed by atoms with E-state index in [0.717, 1.165) is 193 Å². The predicted molar refractivity (Wildman–Crippen MR) is 352 cm³/mol. The molecule has 0 aromatic rings. The molecule has 0 heterocycles. The topological polar surface area (TPSA) is 78.9 Å². The Morgan fingerprint density at radius 2 is 0.444 bits per heavy atom. The van der Waals surface area contributed by atoms with Crippen molar-refractivity contribution in [2.24, 2.45) is 0 Å². The highest BCUT2D eigenvalue weighted by molar-refractivity contribution is 5.71. The second kappa shape index (κ2) is 67.0. The molecule has 81 heavy (non-hydrogen) atoms. The largest absolute Gasteiger partial charge is 0.462 e. The van der Waals surface area contributed by atoms with E-state index in [-0.39, 0.29) is 37.5 Å². The quantitative estimate of drug-likeness (QED) is 0.0261. The normalized spacial score (nSPS) is 13.4. The van der Waals surface area contributed by atoms with Crippen molar-refractivity contribution in [3.8, 4) is 0 Å². The fourth-order valence-corrected chi connectivity index (χ4v) is 8.17. The lowest BCUT2D eigenvalue weighted by Gasteiger charge is -2.18. The SMILES string of the molecule is CC/C=C\C/C=C\C/C=C\C/C=C\C/C=C\C/C=C\C/C=C\CCCCCCCCCC(=O)OCC(COC(=O)CCCCCC/C=C\C/C=C\C/C=C\C/C=C\CC)OC(=O)CCCCCC/C=C\C/C=C\C/C=C\C/C=C\CC. The van der Waals surface area contributed by atoms with E-state index in [4.69, 9.17) is 14.2 Å². The van der Waals surface area contributed by atoms with E-state index in [1.54, 1.807) is 0 Å². The van der Waals surface area contributed by atoms with Crippen molar-refractivity contribution < 1.29 is 28.6 Å². The van der Waals surface area contributed by atoms with Crippen molar-refractivity contribution in [2.75, 3.05) is 13.2 Å². The summed E-state index contributed by atoms with van der Waals surface area (Å²) in [4.78, 5) is 38.4. The number of carbonyl (C=O) groups excluding carboxylic acids is 3. The fourth-order valence-electron chi connectivity index (χ4n) is 8.17. The van der Waals surface area contributed by atoms with Crippen LogP contribution in [-0.4, -0.2) is 37.2 Å². The molecule has 0 amide bonds. The summed E-state index contributed by atoms with van der Waals surface area (Å²) in [5.74, 6) is -0.976. The van der Waals surface area contributed by atoms with Gasteiger partial charge in [-0.05, 0) is 154 Å². The molecule has 0 spiro atoms. The Morgan fingerprint density at radius 3 is 0.691 bits per heavy atom. The number of rotatable bonds is 56. The van der Waals surface area contributed by atoms with Crippen LogP contribution in [0, 0.1) is 0 Å². The maximum Gasteiger partial charge on any atom is 0.306 e. The lowest BCUT2D eigenvalue weighted by Crippen LogP contribution is -2.30. The molecule has 0 aliphatic carbocycles. The van der Waals surface area contributed by atoms with Gasteiger partial charge in [-0.15, -0.1) is 0 Å². The molecule has 1 unspecified atom stereocenters. The first kappa shape index (κ1) is 75.5. The molecule has 6 heteroatoms. The molecule has 6 nitrogen and oxygen atoms in total. The van der Waals surface area contributed by atoms with Gasteiger partial charge in [0.05, 0.1) is 0 Å². The third-order valence-electron chi connectivity index (χ3n) is 12.9. The van der Waals surface area contributed by atoms with Gasteiger partial charge >= 0.3 is 17.9 Å². The third kappa shape index (κ3) is 65.2. The number of carbonyl (C=O) groups is 3. The van der Waals surface area contributed by atoms with E-state index in [0.29, 0.717) is 12.8 Å². The molecule has 1 atom stereocenters. The first-order valence-electron chi connectivity index (χ1n) is 32.3. The van der Waals surface area contributed by atoms with Gasteiger partial charge in [-0.1, -0.05) is 261 Å². The van der Waals surface area contributed by atoms with E-state index in [2.05, 4.69) is 203 Å². The van der Waals surface area contributed by atoms with Crippen LogP contribution in [0.1, 0.15) is 252 Å². The zero-order valence-corrected chi connectivity index (χ0v) is 51.7. The van der Waals surface area contributed by atoms with Gasteiger partial charge in [-0.2, -0.15) is 0 Å². The minimum absolute atomic E-state index is 0.111. The van der Waals surface area contributed by atoms with E-state index in [1.807, 2.05) is 0 Å². The third-order valence-corrected chi connectivity index (χ3v) is 12.9. The molecule has 0 aliphatic rings. The van der Waals surface area contributed by atoms with Crippen LogP contribution in [0.25, 0.3) is 0 Å². The Labute approximate surface area is 497 Å². The molecule has 0 aliphatic heterocycles. The number of allylic oxidation sites excluding steroid dienone is 30. The lowest BCUT2D eigenvalue weighted by atomic mass is 10.1. The van der Waals surface area contributed by atoms with Crippen molar-refractivity contribution in [1.29, 1.82) is 0 Å². The van der Waals surface area contributed by atoms with Gasteiger partial charge in [-0.3, -0.25) is 14.4 Å². The molecular weight excluding hydrogens is 997 g/mol. The van der Waals surface area contributed by atoms with Crippen LogP contribution < -0.4 is 0 Å². The summed E-state index contributed by atoms with van der Waals surface area (Å²) in [5, 5.41) is 0. The smallest absolute Gasteiger partial charge is 0.306 e. The summed E-state index contributed by atoms with van der Waals surface area (Å²) in [6.45, 7) is 6.24. The summed E-state index contributed by atoms with van der Waals surface area (Å²) in [6.07, 6.45) is 100. The molecule has 0 fully saturated rings. The highest BCUT2D eigenvalue weighted by Gasteiger charge is 2.19. The average Bonchev–Trinajstić information content (AvgIpc) is 3.47. The number of ether oxygens (including phenoxy) is 3. The molecule has 0 bridgehead atoms. The summed E-state index contributed by atoms with van der Waals surface area (Å²) >= 11 is 0. The molecule has 0 aromatic heterocycles. The van der Waals surface area contributed by atoms with Crippen LogP contribution >= 0.6 is 0 Å². The van der Waals surface area contributed by atoms with E-state index < -0.39 is 6.10 Å². The summed E-state index contributed by atoms with van der Waals surface area (Å²) in [5.41, 5.74) is 0. The average molecular weight is 1110 g/mol. The Bertz CT molecular complexity index is 1900. The zero-order valence-electron chi connectivity index (χ0n) is 51.7. The van der Waals surface area contributed by atoms with Crippen LogP contribution in [0.15, 0.2) is 182 Å². The number of hydrogen-bond donors (Lipinski definition) is 0. The van der Waals surface area contributed by atoms with Crippen molar-refractivity contribution >= 4 is 17.9 Å². The molecule has 0 N–H and O–H groups in total. The molecule has 0 saturated carbocycles. The summed E-state index contributed by atoms with van der Waals surface area (Å²) < 4.78 is 16.9. The van der Waals surface area contributed by atoms with Crippen molar-refractivity contribution in [2.45, 2.75) is 258 Å². The van der Waals surface area contributed by atoms with Crippen LogP contribution in [0.3, 0.4) is 0 Å². The molecule has 0 saturated heterocycles. The van der Waals surface area contributed by atoms with Gasteiger partial charge in [0, 0.05) is 19.3 Å². The molecule has 0 rings (SSSR count). The second-order valence-electron chi connectivity index (χ2n) is 20.5. The highest BCUT2D eigenvalue weighted by atomic mass is 16.6. The van der Waals surface area contributed by atoms with Gasteiger partial charge in [0.2, 0.25) is 0 Å². The van der Waals surface area contributed by atoms with Gasteiger partial charge < -0.3 is 14.2 Å². The first-order chi connectivity index (χ1) is 40.0. The van der Waals surface area contributed by atoms with Crippen molar-refractivity contribution in [3.05, 3.63) is 182 Å². The Hall–Kier alpha value is -5.49. The molecule has 0 aromatic carbocycles. The maximum atomic E-state index is 12.9. The maximum absolute atomic E-state index is 12.9. The van der Waals surface area contributed by atoms with Crippen LogP contribution in [-0.2, 0) is 28.6 Å². The van der Waals surface area contributed by atoms with E-state index in [9.17, 15) is 14.4 Å². The minimum atomic E-state index is -0.818. The number of esters is 3. The standard InChI is InChI=1S/C75H116O6/c1-4-7-10-13-16-19-22-25-28-31-32-33-34-35-36-37-38-39-40-41-42-45-47-50-53-56-59-62-65-68-74(77)80-71-72(81-75(78)69-66-63-60-57-54-51-48-44-30-27-24-21-18-15-12-9-6-3)70-79-73(76)67-64-61-58-55-52-49-46-43-29-26-23-20-17-14-11-8-5-2/h7-12,16-21,25-30,32-33,35-36,38-39,41-42,46,48-49,51,72H,4-6,13-15,22-24,31,34,37,40,43-45,47,50,52-71H2,1-3H3/b10-7-,11-8-,12-9-,19-16-,20-17-,21-18-,28-25-,29-26-,30-27-,33-32-,36-35-,39-38-,42-41-,49-46-,51-48-. The zero-order chi connectivity index (χ0) is 58.5. The van der Waals surface area contributed by atoms with Gasteiger partial charge in [0.25, 0.3) is 0 Å². The highest BCUT2D eigenvalue weighted by Crippen LogP contribution is 2.14. The van der Waals surface area contributed by atoms with E-state index >= 15 is 0 Å². The van der Waals surface area contributed by atoms with Gasteiger partial charge in [0.1, 0.15) is 13.2 Å². The summed E-state index contributed by atoms with van der Waals surface area (Å²) in [6, 6.07) is 0. The van der Waals surface area contributed by atoms with Crippen LogP contribution in [0.4, 0.5) is 0 Å². The number of hydrogen-bond acceptors (Lipinski definition) is 6. The van der Waals surface area contributed by atoms with Crippen molar-refractivity contribution in [3.63, 3.8) is 0 Å². The molecular formula is C75H116O6. The Morgan fingerprint density at radius 1 is 0.247 bits per heavy atom. The predicted octanol–water partition coefficient (Wildman–Crippen LogP) is 22.4. The van der Waals surface area contributed by atoms with E-state index in [1.165, 1.54) is 19.3 Å². The van der Waals surface area contributed by atoms with Crippen LogP contribution in [0.2, 0.25) is 0 Å². The van der Waals surface area contributed by atoms with Crippen LogP contribution in [0.5, 0.6) is 0 Å². The first-order valence-corrected chi connectivity index (χ1v) is 32.3. The fraction of sp³-hybridized carbons (Fsp3) is 0.560. The summed E-state index contributed by atoms with van der Waals surface area (Å²) in [7, 11) is 0. The number of unbranched alkanes of at least 4 members (excludes halogenated alkanes) is 15. The Balaban J connectivity index is 4.46. The minimum Gasteiger partial charge on any atom is -0.462 e. The van der Waals surface area contributed by atoms with Gasteiger partial charge in [0.15, 0.2) is 6.10 Å².